The zero-order valence-electron chi connectivity index (χ0n) is 18.0. The number of para-hydroxylation sites is 1. The van der Waals surface area contributed by atoms with Crippen molar-refractivity contribution in [3.63, 3.8) is 0 Å². The fraction of sp³-hybridized carbons (Fsp3) is 0.318. The minimum atomic E-state index is -0.0937. The van der Waals surface area contributed by atoms with Crippen LogP contribution in [-0.4, -0.2) is 52.5 Å². The molecule has 1 N–H and O–H groups in total. The molecule has 0 bridgehead atoms. The Kier molecular flexibility index (Phi) is 7.95. The van der Waals surface area contributed by atoms with Gasteiger partial charge in [-0.3, -0.25) is 14.3 Å². The molecule has 1 amide bonds. The van der Waals surface area contributed by atoms with Gasteiger partial charge >= 0.3 is 0 Å². The lowest BCUT2D eigenvalue weighted by Gasteiger charge is -2.20. The number of thioether (sulfide) groups is 1. The smallest absolute Gasteiger partial charge is 0.230 e. The number of rotatable bonds is 9. The number of ether oxygens (including phenoxy) is 1. The van der Waals surface area contributed by atoms with Gasteiger partial charge in [0.2, 0.25) is 5.91 Å². The van der Waals surface area contributed by atoms with Crippen molar-refractivity contribution in [2.24, 2.45) is 0 Å². The number of halogens is 1. The monoisotopic (exact) mass is 459 g/mol. The summed E-state index contributed by atoms with van der Waals surface area (Å²) in [6.45, 7) is 2.46. The van der Waals surface area contributed by atoms with E-state index in [1.54, 1.807) is 7.11 Å². The molecule has 0 aliphatic rings. The van der Waals surface area contributed by atoms with Gasteiger partial charge in [0.15, 0.2) is 11.0 Å². The van der Waals surface area contributed by atoms with E-state index in [1.165, 1.54) is 11.8 Å². The highest BCUT2D eigenvalue weighted by Crippen LogP contribution is 2.27. The van der Waals surface area contributed by atoms with Gasteiger partial charge in [-0.05, 0) is 51.4 Å². The summed E-state index contributed by atoms with van der Waals surface area (Å²) in [5, 5.41) is 13.0. The highest BCUT2D eigenvalue weighted by atomic mass is 35.5. The Morgan fingerprint density at radius 2 is 1.90 bits per heavy atom. The molecule has 2 aromatic carbocycles. The fourth-order valence-corrected chi connectivity index (χ4v) is 3.85. The maximum atomic E-state index is 12.5. The van der Waals surface area contributed by atoms with Crippen molar-refractivity contribution >= 4 is 29.3 Å². The van der Waals surface area contributed by atoms with Crippen LogP contribution in [0.5, 0.6) is 5.75 Å². The van der Waals surface area contributed by atoms with Crippen molar-refractivity contribution in [3.8, 4) is 11.4 Å². The predicted octanol–water partition coefficient (Wildman–Crippen LogP) is 3.96. The van der Waals surface area contributed by atoms with Gasteiger partial charge in [-0.25, -0.2) is 0 Å². The molecule has 9 heteroatoms. The number of hydrogen-bond acceptors (Lipinski definition) is 6. The first-order chi connectivity index (χ1) is 14.9. The summed E-state index contributed by atoms with van der Waals surface area (Å²) >= 11 is 7.40. The molecule has 1 atom stereocenters. The lowest BCUT2D eigenvalue weighted by Crippen LogP contribution is -2.25. The van der Waals surface area contributed by atoms with Crippen LogP contribution in [0.4, 0.5) is 0 Å². The summed E-state index contributed by atoms with van der Waals surface area (Å²) in [5.74, 6) is 1.67. The maximum absolute atomic E-state index is 12.5. The Bertz CT molecular complexity index is 1020. The van der Waals surface area contributed by atoms with Crippen molar-refractivity contribution in [2.75, 3.05) is 27.0 Å². The zero-order valence-corrected chi connectivity index (χ0v) is 19.6. The molecule has 3 aromatic rings. The fourth-order valence-electron chi connectivity index (χ4n) is 2.93. The first kappa shape index (κ1) is 23.1. The number of carbonyl (C=O) groups is 1. The minimum absolute atomic E-state index is 0.0388. The van der Waals surface area contributed by atoms with Gasteiger partial charge in [-0.2, -0.15) is 0 Å². The molecule has 0 aliphatic carbocycles. The predicted molar refractivity (Wildman–Crippen MR) is 124 cm³/mol. The zero-order chi connectivity index (χ0) is 22.4. The molecule has 31 heavy (non-hydrogen) atoms. The highest BCUT2D eigenvalue weighted by molar-refractivity contribution is 7.99. The topological polar surface area (TPSA) is 72.3 Å². The van der Waals surface area contributed by atoms with E-state index in [2.05, 4.69) is 27.3 Å². The van der Waals surface area contributed by atoms with Crippen LogP contribution < -0.4 is 10.1 Å². The number of aromatic nitrogens is 3. The molecule has 0 fully saturated rings. The van der Waals surface area contributed by atoms with Gasteiger partial charge < -0.3 is 10.1 Å². The second-order valence-electron chi connectivity index (χ2n) is 7.17. The van der Waals surface area contributed by atoms with Crippen LogP contribution in [0.25, 0.3) is 5.69 Å². The van der Waals surface area contributed by atoms with Crippen molar-refractivity contribution in [2.45, 2.75) is 24.7 Å². The first-order valence-electron chi connectivity index (χ1n) is 9.79. The number of benzene rings is 2. The third-order valence-corrected chi connectivity index (χ3v) is 6.07. The Morgan fingerprint density at radius 3 is 2.58 bits per heavy atom. The number of methoxy groups -OCH3 is 1. The highest BCUT2D eigenvalue weighted by Gasteiger charge is 2.21. The summed E-state index contributed by atoms with van der Waals surface area (Å²) < 4.78 is 7.30. The van der Waals surface area contributed by atoms with E-state index in [-0.39, 0.29) is 17.7 Å². The molecule has 164 valence electrons. The van der Waals surface area contributed by atoms with E-state index in [1.807, 2.05) is 67.2 Å². The van der Waals surface area contributed by atoms with E-state index < -0.39 is 0 Å². The summed E-state index contributed by atoms with van der Waals surface area (Å²) in [6, 6.07) is 15.2. The van der Waals surface area contributed by atoms with Crippen molar-refractivity contribution in [3.05, 3.63) is 64.9 Å². The van der Waals surface area contributed by atoms with Gasteiger partial charge in [0, 0.05) is 22.8 Å². The molecule has 0 radical (unpaired) electrons. The average molecular weight is 460 g/mol. The largest absolute Gasteiger partial charge is 0.496 e. The summed E-state index contributed by atoms with van der Waals surface area (Å²) in [5.41, 5.74) is 1.82. The molecule has 1 heterocycles. The van der Waals surface area contributed by atoms with Crippen LogP contribution in [0.3, 0.4) is 0 Å². The van der Waals surface area contributed by atoms with Crippen LogP contribution in [0.1, 0.15) is 24.4 Å². The van der Waals surface area contributed by atoms with Crippen LogP contribution in [-0.2, 0) is 11.3 Å². The normalized spacial score (nSPS) is 12.1. The van der Waals surface area contributed by atoms with Gasteiger partial charge in [0.25, 0.3) is 0 Å². The van der Waals surface area contributed by atoms with Crippen LogP contribution in [0.2, 0.25) is 5.02 Å². The molecule has 3 rings (SSSR count). The summed E-state index contributed by atoms with van der Waals surface area (Å²) in [6.07, 6.45) is 0. The summed E-state index contributed by atoms with van der Waals surface area (Å²) in [7, 11) is 5.60. The van der Waals surface area contributed by atoms with Gasteiger partial charge in [0.1, 0.15) is 5.75 Å². The first-order valence-corrected chi connectivity index (χ1v) is 11.2. The van der Waals surface area contributed by atoms with Crippen molar-refractivity contribution in [1.82, 2.24) is 25.0 Å². The SMILES string of the molecule is COc1ccccc1CNC(=O)CSc1nnc(C(C)N(C)C)n1-c1ccc(Cl)cc1. The van der Waals surface area contributed by atoms with E-state index in [9.17, 15) is 4.79 Å². The van der Waals surface area contributed by atoms with Crippen LogP contribution in [0.15, 0.2) is 53.7 Å². The van der Waals surface area contributed by atoms with Gasteiger partial charge in [-0.15, -0.1) is 10.2 Å². The second-order valence-corrected chi connectivity index (χ2v) is 8.55. The van der Waals surface area contributed by atoms with E-state index in [0.29, 0.717) is 16.7 Å². The number of hydrogen-bond donors (Lipinski definition) is 1. The Labute approximate surface area is 191 Å². The maximum Gasteiger partial charge on any atom is 0.230 e. The Balaban J connectivity index is 1.73. The Hall–Kier alpha value is -2.55. The molecule has 0 saturated heterocycles. The molecule has 0 saturated carbocycles. The molecular weight excluding hydrogens is 434 g/mol. The second kappa shape index (κ2) is 10.7. The molecule has 1 unspecified atom stereocenters. The summed E-state index contributed by atoms with van der Waals surface area (Å²) in [4.78, 5) is 14.5. The van der Waals surface area contributed by atoms with Crippen LogP contribution in [0, 0.1) is 0 Å². The van der Waals surface area contributed by atoms with E-state index in [4.69, 9.17) is 16.3 Å². The van der Waals surface area contributed by atoms with Crippen molar-refractivity contribution < 1.29 is 9.53 Å². The lowest BCUT2D eigenvalue weighted by molar-refractivity contribution is -0.118. The molecule has 1 aromatic heterocycles. The lowest BCUT2D eigenvalue weighted by atomic mass is 10.2. The average Bonchev–Trinajstić information content (AvgIpc) is 3.20. The van der Waals surface area contributed by atoms with Crippen molar-refractivity contribution in [1.29, 1.82) is 0 Å². The third kappa shape index (κ3) is 5.78. The molecule has 0 aliphatic heterocycles. The Morgan fingerprint density at radius 1 is 1.19 bits per heavy atom. The van der Waals surface area contributed by atoms with Gasteiger partial charge in [0.05, 0.1) is 18.9 Å². The molecular formula is C22H26ClN5O2S. The minimum Gasteiger partial charge on any atom is -0.496 e. The van der Waals surface area contributed by atoms with E-state index >= 15 is 0 Å². The van der Waals surface area contributed by atoms with E-state index in [0.717, 1.165) is 22.8 Å². The standard InChI is InChI=1S/C22H26ClN5O2S/c1-15(27(2)3)21-25-26-22(28(21)18-11-9-17(23)10-12-18)31-14-20(29)24-13-16-7-5-6-8-19(16)30-4/h5-12,15H,13-14H2,1-4H3,(H,24,29). The van der Waals surface area contributed by atoms with Crippen LogP contribution >= 0.6 is 23.4 Å². The third-order valence-electron chi connectivity index (χ3n) is 4.89. The number of nitrogens with one attached hydrogen (secondary N) is 1. The molecule has 0 spiro atoms. The molecule has 7 nitrogen and oxygen atoms in total. The number of nitrogens with zero attached hydrogens (tertiary/aromatic N) is 4. The number of amides is 1. The van der Waals surface area contributed by atoms with Gasteiger partial charge in [-0.1, -0.05) is 41.6 Å². The number of carbonyl (C=O) groups excluding carboxylic acids is 1. The quantitative estimate of drug-likeness (QED) is 0.488.